The van der Waals surface area contributed by atoms with Crippen LogP contribution in [0.4, 0.5) is 10.1 Å². The summed E-state index contributed by atoms with van der Waals surface area (Å²) in [6.45, 7) is 0.494. The molecule has 0 bridgehead atoms. The molecule has 0 fully saturated rings. The van der Waals surface area contributed by atoms with E-state index < -0.39 is 0 Å². The average Bonchev–Trinajstić information content (AvgIpc) is 3.10. The zero-order valence-corrected chi connectivity index (χ0v) is 15.1. The third-order valence-electron chi connectivity index (χ3n) is 4.47. The second kappa shape index (κ2) is 7.96. The van der Waals surface area contributed by atoms with Gasteiger partial charge in [0.2, 0.25) is 5.91 Å². The minimum absolute atomic E-state index is 0.136. The Kier molecular flexibility index (Phi) is 5.06. The maximum atomic E-state index is 13.3. The first kappa shape index (κ1) is 17.8. The van der Waals surface area contributed by atoms with E-state index in [1.807, 2.05) is 54.6 Å². The highest BCUT2D eigenvalue weighted by Crippen LogP contribution is 2.21. The predicted molar refractivity (Wildman–Crippen MR) is 108 cm³/mol. The maximum absolute atomic E-state index is 13.3. The molecule has 5 heteroatoms. The summed E-state index contributed by atoms with van der Waals surface area (Å²) in [4.78, 5) is 15.4. The van der Waals surface area contributed by atoms with Gasteiger partial charge >= 0.3 is 0 Å². The Morgan fingerprint density at radius 1 is 1.00 bits per heavy atom. The van der Waals surface area contributed by atoms with Crippen molar-refractivity contribution in [1.29, 1.82) is 0 Å². The number of carbonyl (C=O) groups is 1. The van der Waals surface area contributed by atoms with Crippen LogP contribution in [0.15, 0.2) is 79.0 Å². The summed E-state index contributed by atoms with van der Waals surface area (Å²) in [5.41, 5.74) is 3.31. The van der Waals surface area contributed by atoms with Gasteiger partial charge < -0.3 is 15.0 Å². The van der Waals surface area contributed by atoms with Crippen LogP contribution >= 0.6 is 0 Å². The number of benzene rings is 3. The Labute approximate surface area is 162 Å². The Balaban J connectivity index is 1.35. The van der Waals surface area contributed by atoms with E-state index in [4.69, 9.17) is 4.74 Å². The van der Waals surface area contributed by atoms with E-state index in [0.717, 1.165) is 22.3 Å². The zero-order valence-electron chi connectivity index (χ0n) is 15.1. The van der Waals surface area contributed by atoms with Gasteiger partial charge in [0.25, 0.3) is 0 Å². The van der Waals surface area contributed by atoms with E-state index in [1.54, 1.807) is 12.3 Å². The van der Waals surface area contributed by atoms with Crippen LogP contribution in [0.25, 0.3) is 10.9 Å². The minimum atomic E-state index is -0.306. The molecule has 4 rings (SSSR count). The fourth-order valence-corrected chi connectivity index (χ4v) is 3.06. The molecular formula is C23H19FN2O2. The summed E-state index contributed by atoms with van der Waals surface area (Å²) < 4.78 is 19.0. The van der Waals surface area contributed by atoms with Crippen LogP contribution in [-0.2, 0) is 17.8 Å². The molecule has 4 nitrogen and oxygen atoms in total. The molecule has 0 saturated heterocycles. The van der Waals surface area contributed by atoms with Gasteiger partial charge in [-0.3, -0.25) is 4.79 Å². The molecule has 1 aromatic heterocycles. The minimum Gasteiger partial charge on any atom is -0.489 e. The first-order valence-electron chi connectivity index (χ1n) is 8.99. The van der Waals surface area contributed by atoms with Crippen molar-refractivity contribution in [3.05, 3.63) is 95.9 Å². The zero-order chi connectivity index (χ0) is 19.3. The van der Waals surface area contributed by atoms with Crippen molar-refractivity contribution in [3.63, 3.8) is 0 Å². The SMILES string of the molecule is O=C(Cc1c[nH]c2cc(F)ccc12)Nc1ccc(OCc2ccccc2)cc1. The number of rotatable bonds is 6. The summed E-state index contributed by atoms with van der Waals surface area (Å²) in [5.74, 6) is 0.295. The monoisotopic (exact) mass is 374 g/mol. The number of halogens is 1. The number of ether oxygens (including phenoxy) is 1. The van der Waals surface area contributed by atoms with Crippen molar-refractivity contribution >= 4 is 22.5 Å². The van der Waals surface area contributed by atoms with E-state index in [1.165, 1.54) is 12.1 Å². The van der Waals surface area contributed by atoms with Crippen molar-refractivity contribution in [1.82, 2.24) is 4.98 Å². The van der Waals surface area contributed by atoms with Crippen molar-refractivity contribution in [2.45, 2.75) is 13.0 Å². The lowest BCUT2D eigenvalue weighted by Crippen LogP contribution is -2.14. The normalized spacial score (nSPS) is 10.8. The van der Waals surface area contributed by atoms with Crippen molar-refractivity contribution in [2.24, 2.45) is 0 Å². The summed E-state index contributed by atoms with van der Waals surface area (Å²) in [5, 5.41) is 3.72. The van der Waals surface area contributed by atoms with Crippen LogP contribution in [0, 0.1) is 5.82 Å². The second-order valence-corrected chi connectivity index (χ2v) is 6.53. The third-order valence-corrected chi connectivity index (χ3v) is 4.47. The highest BCUT2D eigenvalue weighted by atomic mass is 19.1. The van der Waals surface area contributed by atoms with Gasteiger partial charge in [-0.1, -0.05) is 30.3 Å². The van der Waals surface area contributed by atoms with Crippen LogP contribution in [0.1, 0.15) is 11.1 Å². The summed E-state index contributed by atoms with van der Waals surface area (Å²) >= 11 is 0. The lowest BCUT2D eigenvalue weighted by molar-refractivity contribution is -0.115. The van der Waals surface area contributed by atoms with Crippen molar-refractivity contribution in [3.8, 4) is 5.75 Å². The number of H-pyrrole nitrogens is 1. The van der Waals surface area contributed by atoms with E-state index in [2.05, 4.69) is 10.3 Å². The Hall–Kier alpha value is -3.60. The number of hydrogen-bond acceptors (Lipinski definition) is 2. The topological polar surface area (TPSA) is 54.1 Å². The number of hydrogen-bond donors (Lipinski definition) is 2. The molecule has 0 aliphatic heterocycles. The van der Waals surface area contributed by atoms with Gasteiger partial charge in [0.05, 0.1) is 6.42 Å². The van der Waals surface area contributed by atoms with Gasteiger partial charge in [0.1, 0.15) is 18.2 Å². The molecule has 3 aromatic carbocycles. The highest BCUT2D eigenvalue weighted by Gasteiger charge is 2.10. The molecule has 0 spiro atoms. The standard InChI is InChI=1S/C23H19FN2O2/c24-18-6-11-21-17(14-25-22(21)13-18)12-23(27)26-19-7-9-20(10-8-19)28-15-16-4-2-1-3-5-16/h1-11,13-14,25H,12,15H2,(H,26,27). The number of amides is 1. The number of carbonyl (C=O) groups excluding carboxylic acids is 1. The van der Waals surface area contributed by atoms with E-state index >= 15 is 0 Å². The van der Waals surface area contributed by atoms with Gasteiger partial charge in [-0.05, 0) is 53.6 Å². The smallest absolute Gasteiger partial charge is 0.228 e. The van der Waals surface area contributed by atoms with Crippen LogP contribution in [0.2, 0.25) is 0 Å². The van der Waals surface area contributed by atoms with E-state index in [0.29, 0.717) is 17.8 Å². The summed E-state index contributed by atoms with van der Waals surface area (Å²) in [6.07, 6.45) is 1.95. The second-order valence-electron chi connectivity index (χ2n) is 6.53. The van der Waals surface area contributed by atoms with Crippen LogP contribution < -0.4 is 10.1 Å². The number of anilines is 1. The van der Waals surface area contributed by atoms with Crippen LogP contribution in [0.5, 0.6) is 5.75 Å². The van der Waals surface area contributed by atoms with Crippen LogP contribution in [-0.4, -0.2) is 10.9 Å². The molecule has 0 atom stereocenters. The van der Waals surface area contributed by atoms with Gasteiger partial charge in [0, 0.05) is 22.8 Å². The first-order valence-corrected chi connectivity index (χ1v) is 8.99. The van der Waals surface area contributed by atoms with Gasteiger partial charge in [-0.25, -0.2) is 4.39 Å². The fraction of sp³-hybridized carbons (Fsp3) is 0.0870. The molecule has 0 unspecified atom stereocenters. The quantitative estimate of drug-likeness (QED) is 0.495. The number of aromatic amines is 1. The van der Waals surface area contributed by atoms with Crippen molar-refractivity contribution < 1.29 is 13.9 Å². The molecule has 4 aromatic rings. The highest BCUT2D eigenvalue weighted by molar-refractivity contribution is 5.95. The Morgan fingerprint density at radius 2 is 1.79 bits per heavy atom. The molecule has 0 aliphatic rings. The van der Waals surface area contributed by atoms with Gasteiger partial charge in [0.15, 0.2) is 0 Å². The fourth-order valence-electron chi connectivity index (χ4n) is 3.06. The lowest BCUT2D eigenvalue weighted by atomic mass is 10.1. The van der Waals surface area contributed by atoms with Crippen molar-refractivity contribution in [2.75, 3.05) is 5.32 Å². The van der Waals surface area contributed by atoms with E-state index in [-0.39, 0.29) is 18.1 Å². The molecular weight excluding hydrogens is 355 g/mol. The molecule has 140 valence electrons. The van der Waals surface area contributed by atoms with E-state index in [9.17, 15) is 9.18 Å². The summed E-state index contributed by atoms with van der Waals surface area (Å²) in [7, 11) is 0. The molecule has 1 amide bonds. The molecule has 28 heavy (non-hydrogen) atoms. The van der Waals surface area contributed by atoms with Gasteiger partial charge in [-0.15, -0.1) is 0 Å². The molecule has 1 heterocycles. The molecule has 2 N–H and O–H groups in total. The molecule has 0 aliphatic carbocycles. The number of nitrogens with one attached hydrogen (secondary N) is 2. The Bertz CT molecular complexity index is 1090. The van der Waals surface area contributed by atoms with Gasteiger partial charge in [-0.2, -0.15) is 0 Å². The largest absolute Gasteiger partial charge is 0.489 e. The Morgan fingerprint density at radius 3 is 2.57 bits per heavy atom. The van der Waals surface area contributed by atoms with Crippen LogP contribution in [0.3, 0.4) is 0 Å². The first-order chi connectivity index (χ1) is 13.7. The average molecular weight is 374 g/mol. The molecule has 0 saturated carbocycles. The predicted octanol–water partition coefficient (Wildman–Crippen LogP) is 5.07. The lowest BCUT2D eigenvalue weighted by Gasteiger charge is -2.08. The number of fused-ring (bicyclic) bond motifs is 1. The third kappa shape index (κ3) is 4.20. The number of aromatic nitrogens is 1. The summed E-state index contributed by atoms with van der Waals surface area (Å²) in [6, 6.07) is 21.7. The molecule has 0 radical (unpaired) electrons. The maximum Gasteiger partial charge on any atom is 0.228 e.